The van der Waals surface area contributed by atoms with Crippen LogP contribution in [0.3, 0.4) is 0 Å². The maximum Gasteiger partial charge on any atom is 0.355 e. The van der Waals surface area contributed by atoms with Crippen molar-refractivity contribution in [3.63, 3.8) is 0 Å². The van der Waals surface area contributed by atoms with Crippen LogP contribution in [0.5, 0.6) is 0 Å². The van der Waals surface area contributed by atoms with Gasteiger partial charge < -0.3 is 9.72 Å². The number of aromatic nitrogens is 1. The quantitative estimate of drug-likeness (QED) is 0.582. The van der Waals surface area contributed by atoms with E-state index in [0.29, 0.717) is 36.2 Å². The van der Waals surface area contributed by atoms with Gasteiger partial charge in [0, 0.05) is 23.9 Å². The molecule has 0 saturated heterocycles. The Kier molecular flexibility index (Phi) is 5.37. The first-order valence-corrected chi connectivity index (χ1v) is 10.5. The largest absolute Gasteiger partial charge is 0.453 e. The van der Waals surface area contributed by atoms with Crippen LogP contribution < -0.4 is 4.31 Å². The molecule has 28 heavy (non-hydrogen) atoms. The zero-order valence-corrected chi connectivity index (χ0v) is 16.3. The van der Waals surface area contributed by atoms with Gasteiger partial charge in [-0.2, -0.15) is 0 Å². The second-order valence-corrected chi connectivity index (χ2v) is 8.55. The number of hydrogen-bond donors (Lipinski definition) is 1. The molecule has 9 heteroatoms. The number of anilines is 1. The Labute approximate surface area is 162 Å². The van der Waals surface area contributed by atoms with Gasteiger partial charge in [0.25, 0.3) is 0 Å². The molecule has 1 aliphatic heterocycles. The molecule has 0 amide bonds. The van der Waals surface area contributed by atoms with Gasteiger partial charge in [-0.25, -0.2) is 13.2 Å². The highest BCUT2D eigenvalue weighted by molar-refractivity contribution is 7.92. The summed E-state index contributed by atoms with van der Waals surface area (Å²) in [4.78, 5) is 38.3. The van der Waals surface area contributed by atoms with Gasteiger partial charge in [0.05, 0.1) is 11.9 Å². The molecule has 0 atom stereocenters. The number of aryl methyl sites for hydroxylation is 1. The fourth-order valence-electron chi connectivity index (χ4n) is 3.09. The lowest BCUT2D eigenvalue weighted by molar-refractivity contribution is 0.0469. The summed E-state index contributed by atoms with van der Waals surface area (Å²) in [6.07, 6.45) is 3.88. The molecule has 1 N–H and O–H groups in total. The van der Waals surface area contributed by atoms with Gasteiger partial charge in [0.2, 0.25) is 10.0 Å². The van der Waals surface area contributed by atoms with E-state index < -0.39 is 28.4 Å². The SMILES string of the molecule is CC(=O)c1c[nH]c(C(=O)OCC(=O)c2ccc3c(c2)CCCN3S(C)(=O)=O)c1. The van der Waals surface area contributed by atoms with E-state index in [4.69, 9.17) is 4.74 Å². The maximum absolute atomic E-state index is 12.4. The molecule has 2 heterocycles. The van der Waals surface area contributed by atoms with Crippen LogP contribution in [-0.4, -0.2) is 50.3 Å². The van der Waals surface area contributed by atoms with Crippen LogP contribution in [0.15, 0.2) is 30.5 Å². The van der Waals surface area contributed by atoms with Crippen molar-refractivity contribution in [3.05, 3.63) is 52.8 Å². The van der Waals surface area contributed by atoms with E-state index in [0.717, 1.165) is 11.8 Å². The van der Waals surface area contributed by atoms with Crippen molar-refractivity contribution in [2.75, 3.05) is 23.7 Å². The van der Waals surface area contributed by atoms with Gasteiger partial charge in [-0.05, 0) is 49.6 Å². The zero-order valence-electron chi connectivity index (χ0n) is 15.5. The Morgan fingerprint density at radius 1 is 1.18 bits per heavy atom. The lowest BCUT2D eigenvalue weighted by Gasteiger charge is -2.29. The number of fused-ring (bicyclic) bond motifs is 1. The van der Waals surface area contributed by atoms with E-state index in [2.05, 4.69) is 4.98 Å². The number of aromatic amines is 1. The van der Waals surface area contributed by atoms with E-state index in [1.165, 1.54) is 29.6 Å². The standard InChI is InChI=1S/C19H20N2O6S/c1-12(22)15-9-16(20-10-15)19(24)27-11-18(23)14-5-6-17-13(8-14)4-3-7-21(17)28(2,25)26/h5-6,8-10,20H,3-4,7,11H2,1-2H3. The molecule has 0 radical (unpaired) electrons. The number of sulfonamides is 1. The second-order valence-electron chi connectivity index (χ2n) is 6.64. The van der Waals surface area contributed by atoms with Crippen molar-refractivity contribution in [1.82, 2.24) is 4.98 Å². The Morgan fingerprint density at radius 2 is 1.93 bits per heavy atom. The number of nitrogens with zero attached hydrogens (tertiary/aromatic N) is 1. The van der Waals surface area contributed by atoms with Crippen LogP contribution >= 0.6 is 0 Å². The summed E-state index contributed by atoms with van der Waals surface area (Å²) in [6.45, 7) is 1.33. The third kappa shape index (κ3) is 4.14. The highest BCUT2D eigenvalue weighted by Gasteiger charge is 2.25. The average molecular weight is 404 g/mol. The Morgan fingerprint density at radius 3 is 2.57 bits per heavy atom. The van der Waals surface area contributed by atoms with Crippen LogP contribution in [0.1, 0.15) is 50.1 Å². The summed E-state index contributed by atoms with van der Waals surface area (Å²) in [5.74, 6) is -1.32. The van der Waals surface area contributed by atoms with Crippen molar-refractivity contribution in [2.45, 2.75) is 19.8 Å². The van der Waals surface area contributed by atoms with E-state index in [-0.39, 0.29) is 11.5 Å². The lowest BCUT2D eigenvalue weighted by atomic mass is 9.99. The molecule has 148 valence electrons. The molecule has 2 aromatic rings. The maximum atomic E-state index is 12.4. The van der Waals surface area contributed by atoms with Crippen LogP contribution in [0.25, 0.3) is 0 Å². The Bertz CT molecular complexity index is 1050. The summed E-state index contributed by atoms with van der Waals surface area (Å²) in [5.41, 5.74) is 2.13. The predicted octanol–water partition coefficient (Wildman–Crippen LogP) is 1.97. The molecule has 0 bridgehead atoms. The molecular weight excluding hydrogens is 384 g/mol. The van der Waals surface area contributed by atoms with Crippen LogP contribution in [-0.2, 0) is 21.2 Å². The minimum absolute atomic E-state index is 0.0900. The van der Waals surface area contributed by atoms with Gasteiger partial charge in [0.1, 0.15) is 5.69 Å². The second kappa shape index (κ2) is 7.59. The van der Waals surface area contributed by atoms with E-state index in [1.54, 1.807) is 12.1 Å². The van der Waals surface area contributed by atoms with Gasteiger partial charge >= 0.3 is 5.97 Å². The molecule has 3 rings (SSSR count). The summed E-state index contributed by atoms with van der Waals surface area (Å²) in [6, 6.07) is 6.15. The van der Waals surface area contributed by atoms with Gasteiger partial charge in [-0.1, -0.05) is 0 Å². The molecule has 0 aliphatic carbocycles. The third-order valence-corrected chi connectivity index (χ3v) is 5.70. The Hall–Kier alpha value is -2.94. The van der Waals surface area contributed by atoms with Crippen LogP contribution in [0.4, 0.5) is 5.69 Å². The number of carbonyl (C=O) groups is 3. The molecule has 1 aliphatic rings. The minimum atomic E-state index is -3.38. The molecule has 0 spiro atoms. The molecule has 0 saturated carbocycles. The first-order chi connectivity index (χ1) is 13.2. The van der Waals surface area contributed by atoms with E-state index >= 15 is 0 Å². The minimum Gasteiger partial charge on any atom is -0.453 e. The molecule has 1 aromatic carbocycles. The smallest absolute Gasteiger partial charge is 0.355 e. The van der Waals surface area contributed by atoms with Crippen LogP contribution in [0.2, 0.25) is 0 Å². The zero-order chi connectivity index (χ0) is 20.5. The number of Topliss-reactive ketones (excluding diaryl/α,β-unsaturated/α-hetero) is 2. The average Bonchev–Trinajstić information content (AvgIpc) is 3.14. The van der Waals surface area contributed by atoms with Crippen molar-refractivity contribution >= 4 is 33.2 Å². The van der Waals surface area contributed by atoms with E-state index in [1.807, 2.05) is 0 Å². The topological polar surface area (TPSA) is 114 Å². The number of ketones is 2. The number of benzene rings is 1. The molecular formula is C19H20N2O6S. The van der Waals surface area contributed by atoms with Crippen molar-refractivity contribution < 1.29 is 27.5 Å². The fourth-order valence-corrected chi connectivity index (χ4v) is 4.08. The summed E-state index contributed by atoms with van der Waals surface area (Å²) >= 11 is 0. The van der Waals surface area contributed by atoms with Gasteiger partial charge in [0.15, 0.2) is 18.2 Å². The highest BCUT2D eigenvalue weighted by atomic mass is 32.2. The first kappa shape index (κ1) is 19.8. The number of rotatable bonds is 6. The van der Waals surface area contributed by atoms with Gasteiger partial charge in [-0.3, -0.25) is 13.9 Å². The number of carbonyl (C=O) groups excluding carboxylic acids is 3. The van der Waals surface area contributed by atoms with E-state index in [9.17, 15) is 22.8 Å². The molecule has 1 aromatic heterocycles. The Balaban J connectivity index is 1.69. The summed E-state index contributed by atoms with van der Waals surface area (Å²) in [7, 11) is -3.38. The molecule has 8 nitrogen and oxygen atoms in total. The molecule has 0 unspecified atom stereocenters. The van der Waals surface area contributed by atoms with Crippen LogP contribution in [0, 0.1) is 0 Å². The normalized spacial score (nSPS) is 13.7. The number of H-pyrrole nitrogens is 1. The summed E-state index contributed by atoms with van der Waals surface area (Å²) in [5, 5.41) is 0. The van der Waals surface area contributed by atoms with Gasteiger partial charge in [-0.15, -0.1) is 0 Å². The monoisotopic (exact) mass is 404 g/mol. The lowest BCUT2D eigenvalue weighted by Crippen LogP contribution is -2.34. The number of hydrogen-bond acceptors (Lipinski definition) is 6. The molecule has 0 fully saturated rings. The van der Waals surface area contributed by atoms with Crippen molar-refractivity contribution in [1.29, 1.82) is 0 Å². The first-order valence-electron chi connectivity index (χ1n) is 8.67. The third-order valence-electron chi connectivity index (χ3n) is 4.52. The predicted molar refractivity (Wildman–Crippen MR) is 102 cm³/mol. The van der Waals surface area contributed by atoms with Crippen molar-refractivity contribution in [3.8, 4) is 0 Å². The number of nitrogens with one attached hydrogen (secondary N) is 1. The number of esters is 1. The van der Waals surface area contributed by atoms with Crippen molar-refractivity contribution in [2.24, 2.45) is 0 Å². The summed E-state index contributed by atoms with van der Waals surface area (Å²) < 4.78 is 30.2. The highest BCUT2D eigenvalue weighted by Crippen LogP contribution is 2.30. The number of ether oxygens (including phenoxy) is 1. The fraction of sp³-hybridized carbons (Fsp3) is 0.316.